The molecule has 20 heavy (non-hydrogen) atoms. The number of carbonyl (C=O) groups is 1. The molecule has 0 spiro atoms. The highest BCUT2D eigenvalue weighted by Crippen LogP contribution is 2.66. The van der Waals surface area contributed by atoms with Crippen LogP contribution in [0.2, 0.25) is 0 Å². The molecule has 1 amide bonds. The Bertz CT molecular complexity index is 405. The van der Waals surface area contributed by atoms with Crippen LogP contribution < -0.4 is 11.5 Å². The van der Waals surface area contributed by atoms with Gasteiger partial charge in [0.25, 0.3) is 0 Å². The van der Waals surface area contributed by atoms with E-state index in [4.69, 9.17) is 16.2 Å². The summed E-state index contributed by atoms with van der Waals surface area (Å²) >= 11 is 0. The third-order valence-electron chi connectivity index (χ3n) is 6.38. The van der Waals surface area contributed by atoms with Gasteiger partial charge in [0.05, 0.1) is 17.7 Å². The van der Waals surface area contributed by atoms with Gasteiger partial charge in [0, 0.05) is 0 Å². The van der Waals surface area contributed by atoms with Crippen molar-refractivity contribution in [2.45, 2.75) is 78.0 Å². The predicted octanol–water partition coefficient (Wildman–Crippen LogP) is 2.20. The second-order valence-corrected chi connectivity index (χ2v) is 8.03. The summed E-state index contributed by atoms with van der Waals surface area (Å²) in [6, 6.07) is 0. The Morgan fingerprint density at radius 3 is 2.45 bits per heavy atom. The Hall–Kier alpha value is -0.610. The van der Waals surface area contributed by atoms with E-state index in [1.54, 1.807) is 6.92 Å². The minimum atomic E-state index is -0.993. The average Bonchev–Trinajstić information content (AvgIpc) is 2.61. The lowest BCUT2D eigenvalue weighted by Crippen LogP contribution is -2.52. The number of rotatable bonds is 5. The third-order valence-corrected chi connectivity index (χ3v) is 6.38. The van der Waals surface area contributed by atoms with Crippen LogP contribution in [0, 0.1) is 16.7 Å². The highest BCUT2D eigenvalue weighted by Gasteiger charge is 2.62. The minimum Gasteiger partial charge on any atom is -0.375 e. The molecule has 2 saturated carbocycles. The van der Waals surface area contributed by atoms with E-state index in [1.165, 1.54) is 12.8 Å². The van der Waals surface area contributed by atoms with Crippen LogP contribution in [0.15, 0.2) is 0 Å². The number of hydrogen-bond donors (Lipinski definition) is 2. The molecule has 0 aromatic rings. The summed E-state index contributed by atoms with van der Waals surface area (Å²) < 4.78 is 6.28. The van der Waals surface area contributed by atoms with Gasteiger partial charge >= 0.3 is 0 Å². The normalized spacial score (nSPS) is 39.5. The van der Waals surface area contributed by atoms with E-state index in [-0.39, 0.29) is 17.6 Å². The maximum absolute atomic E-state index is 11.3. The first-order valence-corrected chi connectivity index (χ1v) is 7.75. The van der Waals surface area contributed by atoms with Gasteiger partial charge in [-0.2, -0.15) is 0 Å². The molecule has 0 aromatic heterocycles. The van der Waals surface area contributed by atoms with Gasteiger partial charge in [0.2, 0.25) is 5.91 Å². The summed E-state index contributed by atoms with van der Waals surface area (Å²) in [6.07, 6.45) is 4.38. The molecule has 2 rings (SSSR count). The van der Waals surface area contributed by atoms with E-state index in [0.29, 0.717) is 11.8 Å². The first kappa shape index (κ1) is 15.8. The molecule has 0 heterocycles. The Morgan fingerprint density at radius 1 is 1.45 bits per heavy atom. The summed E-state index contributed by atoms with van der Waals surface area (Å²) in [7, 11) is 0. The second kappa shape index (κ2) is 4.70. The van der Waals surface area contributed by atoms with Gasteiger partial charge in [-0.15, -0.1) is 0 Å². The number of amides is 1. The van der Waals surface area contributed by atoms with Crippen molar-refractivity contribution in [2.24, 2.45) is 28.2 Å². The zero-order valence-corrected chi connectivity index (χ0v) is 13.5. The van der Waals surface area contributed by atoms with Crippen LogP contribution in [0.25, 0.3) is 0 Å². The quantitative estimate of drug-likeness (QED) is 0.811. The van der Waals surface area contributed by atoms with Crippen molar-refractivity contribution >= 4 is 5.91 Å². The molecule has 0 radical (unpaired) electrons. The highest BCUT2D eigenvalue weighted by atomic mass is 16.5. The van der Waals surface area contributed by atoms with Crippen molar-refractivity contribution in [2.75, 3.05) is 0 Å². The topological polar surface area (TPSA) is 78.3 Å². The Kier molecular flexibility index (Phi) is 3.71. The maximum atomic E-state index is 11.3. The van der Waals surface area contributed by atoms with E-state index in [1.807, 2.05) is 6.92 Å². The summed E-state index contributed by atoms with van der Waals surface area (Å²) in [5.41, 5.74) is 10.9. The summed E-state index contributed by atoms with van der Waals surface area (Å²) in [5.74, 6) is 0.289. The van der Waals surface area contributed by atoms with Crippen molar-refractivity contribution in [1.29, 1.82) is 0 Å². The second-order valence-electron chi connectivity index (χ2n) is 8.03. The zero-order chi connectivity index (χ0) is 15.3. The van der Waals surface area contributed by atoms with Gasteiger partial charge < -0.3 is 16.2 Å². The monoisotopic (exact) mass is 282 g/mol. The molecule has 4 heteroatoms. The number of nitrogens with two attached hydrogens (primary N) is 2. The van der Waals surface area contributed by atoms with Gasteiger partial charge in [0.15, 0.2) is 0 Å². The lowest BCUT2D eigenvalue weighted by atomic mass is 9.70. The number of carbonyl (C=O) groups excluding carboxylic acids is 1. The minimum absolute atomic E-state index is 0.0468. The van der Waals surface area contributed by atoms with Crippen molar-refractivity contribution in [3.8, 4) is 0 Å². The number of hydrogen-bond acceptors (Lipinski definition) is 3. The summed E-state index contributed by atoms with van der Waals surface area (Å²) in [5, 5.41) is 0. The van der Waals surface area contributed by atoms with Gasteiger partial charge in [-0.25, -0.2) is 0 Å². The molecule has 116 valence electrons. The van der Waals surface area contributed by atoms with Crippen LogP contribution in [0.1, 0.15) is 60.3 Å². The maximum Gasteiger partial charge on any atom is 0.237 e. The van der Waals surface area contributed by atoms with Gasteiger partial charge in [-0.3, -0.25) is 4.79 Å². The Balaban J connectivity index is 2.00. The van der Waals surface area contributed by atoms with Crippen molar-refractivity contribution in [1.82, 2.24) is 0 Å². The first-order chi connectivity index (χ1) is 9.00. The van der Waals surface area contributed by atoms with Crippen molar-refractivity contribution in [3.05, 3.63) is 0 Å². The molecule has 5 unspecified atom stereocenters. The van der Waals surface area contributed by atoms with Crippen molar-refractivity contribution in [3.63, 3.8) is 0 Å². The molecule has 2 aliphatic carbocycles. The van der Waals surface area contributed by atoms with E-state index < -0.39 is 11.4 Å². The van der Waals surface area contributed by atoms with Crippen molar-refractivity contribution < 1.29 is 9.53 Å². The largest absolute Gasteiger partial charge is 0.375 e. The molecule has 2 fully saturated rings. The molecule has 4 N–H and O–H groups in total. The average molecular weight is 282 g/mol. The summed E-state index contributed by atoms with van der Waals surface area (Å²) in [6.45, 7) is 10.8. The number of ether oxygens (including phenoxy) is 1. The fourth-order valence-electron chi connectivity index (χ4n) is 4.36. The molecule has 0 aliphatic heterocycles. The van der Waals surface area contributed by atoms with Crippen LogP contribution in [-0.4, -0.2) is 23.7 Å². The number of primary amides is 1. The van der Waals surface area contributed by atoms with E-state index in [9.17, 15) is 4.79 Å². The molecular weight excluding hydrogens is 252 g/mol. The highest BCUT2D eigenvalue weighted by molar-refractivity contribution is 5.83. The molecule has 2 bridgehead atoms. The molecule has 4 nitrogen and oxygen atoms in total. The third kappa shape index (κ3) is 2.27. The molecule has 5 atom stereocenters. The van der Waals surface area contributed by atoms with Gasteiger partial charge in [-0.05, 0) is 56.3 Å². The van der Waals surface area contributed by atoms with Gasteiger partial charge in [0.1, 0.15) is 0 Å². The van der Waals surface area contributed by atoms with Crippen LogP contribution in [0.3, 0.4) is 0 Å². The SMILES string of the molecule is CC(CC(C)(N)C(N)=O)OC1CC2CCC1(C)C2(C)C. The van der Waals surface area contributed by atoms with E-state index >= 15 is 0 Å². The lowest BCUT2D eigenvalue weighted by molar-refractivity contribution is -0.126. The van der Waals surface area contributed by atoms with Gasteiger partial charge in [-0.1, -0.05) is 20.8 Å². The number of fused-ring (bicyclic) bond motifs is 2. The summed E-state index contributed by atoms with van der Waals surface area (Å²) in [4.78, 5) is 11.3. The standard InChI is InChI=1S/C16H30N2O2/c1-10(9-16(5,18)13(17)19)20-12-8-11-6-7-15(12,4)14(11,2)3/h10-12H,6-9,18H2,1-5H3,(H2,17,19). The molecular formula is C16H30N2O2. The van der Waals surface area contributed by atoms with Crippen LogP contribution in [0.4, 0.5) is 0 Å². The van der Waals surface area contributed by atoms with E-state index in [2.05, 4.69) is 20.8 Å². The lowest BCUT2D eigenvalue weighted by Gasteiger charge is -2.40. The fraction of sp³-hybridized carbons (Fsp3) is 0.938. The van der Waals surface area contributed by atoms with Crippen LogP contribution in [0.5, 0.6) is 0 Å². The van der Waals surface area contributed by atoms with Crippen LogP contribution >= 0.6 is 0 Å². The first-order valence-electron chi connectivity index (χ1n) is 7.75. The fourth-order valence-corrected chi connectivity index (χ4v) is 4.36. The van der Waals surface area contributed by atoms with Crippen LogP contribution in [-0.2, 0) is 9.53 Å². The Labute approximate surface area is 122 Å². The molecule has 0 saturated heterocycles. The smallest absolute Gasteiger partial charge is 0.237 e. The molecule has 2 aliphatic rings. The molecule has 0 aromatic carbocycles. The zero-order valence-electron chi connectivity index (χ0n) is 13.5. The Morgan fingerprint density at radius 2 is 2.05 bits per heavy atom. The predicted molar refractivity (Wildman–Crippen MR) is 80.0 cm³/mol. The van der Waals surface area contributed by atoms with E-state index in [0.717, 1.165) is 12.3 Å².